The predicted octanol–water partition coefficient (Wildman–Crippen LogP) is 0.489. The van der Waals surface area contributed by atoms with E-state index in [0.29, 0.717) is 11.3 Å². The number of rotatable bonds is 3. The van der Waals surface area contributed by atoms with Crippen LogP contribution in [0.5, 0.6) is 0 Å². The number of pyridine rings is 1. The Kier molecular flexibility index (Phi) is 4.02. The second-order valence-corrected chi connectivity index (χ2v) is 5.53. The van der Waals surface area contributed by atoms with Crippen molar-refractivity contribution in [1.29, 1.82) is 0 Å². The lowest BCUT2D eigenvalue weighted by atomic mass is 10.3. The van der Waals surface area contributed by atoms with Gasteiger partial charge in [0, 0.05) is 24.0 Å². The zero-order valence-electron chi connectivity index (χ0n) is 10.6. The Morgan fingerprint density at radius 1 is 1.40 bits per heavy atom. The van der Waals surface area contributed by atoms with Gasteiger partial charge in [-0.1, -0.05) is 17.0 Å². The van der Waals surface area contributed by atoms with Crippen molar-refractivity contribution < 1.29 is 12.9 Å². The Hall–Kier alpha value is -2.37. The smallest absolute Gasteiger partial charge is 0.264 e. The van der Waals surface area contributed by atoms with Gasteiger partial charge in [0.2, 0.25) is 0 Å². The van der Waals surface area contributed by atoms with Crippen LogP contribution in [-0.4, -0.2) is 25.1 Å². The maximum Gasteiger partial charge on any atom is 0.264 e. The number of anilines is 1. The molecule has 0 fully saturated rings. The van der Waals surface area contributed by atoms with Gasteiger partial charge in [-0.2, -0.15) is 0 Å². The average Bonchev–Trinajstić information content (AvgIpc) is 2.81. The van der Waals surface area contributed by atoms with Gasteiger partial charge >= 0.3 is 0 Å². The quantitative estimate of drug-likeness (QED) is 0.796. The van der Waals surface area contributed by atoms with Crippen molar-refractivity contribution in [2.45, 2.75) is 11.8 Å². The molecule has 2 aromatic heterocycles. The monoisotopic (exact) mass is 292 g/mol. The third-order valence-corrected chi connectivity index (χ3v) is 3.55. The van der Waals surface area contributed by atoms with Crippen LogP contribution in [0.1, 0.15) is 11.3 Å². The molecule has 2 rings (SSSR count). The van der Waals surface area contributed by atoms with Crippen molar-refractivity contribution >= 4 is 15.8 Å². The van der Waals surface area contributed by atoms with Gasteiger partial charge in [0.1, 0.15) is 10.7 Å². The van der Waals surface area contributed by atoms with Crippen LogP contribution in [0.25, 0.3) is 0 Å². The fourth-order valence-electron chi connectivity index (χ4n) is 1.40. The standard InChI is InChI=1S/C12H12N4O3S/c1-9-5-12(15-19-9)16-20(17,18)11-6-10(3-2-4-13)7-14-8-11/h5-8H,4,13H2,1H3,(H,15,16). The number of nitrogens with two attached hydrogens (primary N) is 1. The summed E-state index contributed by atoms with van der Waals surface area (Å²) in [6, 6.07) is 2.88. The Balaban J connectivity index is 2.29. The predicted molar refractivity (Wildman–Crippen MR) is 72.2 cm³/mol. The van der Waals surface area contributed by atoms with Gasteiger partial charge < -0.3 is 10.3 Å². The molecule has 2 aromatic rings. The normalized spacial score (nSPS) is 10.7. The number of hydrogen-bond donors (Lipinski definition) is 2. The molecule has 0 aliphatic heterocycles. The van der Waals surface area contributed by atoms with Gasteiger partial charge in [-0.25, -0.2) is 8.42 Å². The summed E-state index contributed by atoms with van der Waals surface area (Å²) in [5.74, 6) is 5.97. The molecule has 0 aromatic carbocycles. The summed E-state index contributed by atoms with van der Waals surface area (Å²) < 4.78 is 31.3. The average molecular weight is 292 g/mol. The first-order chi connectivity index (χ1) is 9.51. The number of aryl methyl sites for hydroxylation is 1. The fourth-order valence-corrected chi connectivity index (χ4v) is 2.37. The molecule has 20 heavy (non-hydrogen) atoms. The van der Waals surface area contributed by atoms with Crippen LogP contribution >= 0.6 is 0 Å². The molecule has 0 spiro atoms. The lowest BCUT2D eigenvalue weighted by Crippen LogP contribution is -2.13. The second kappa shape index (κ2) is 5.73. The van der Waals surface area contributed by atoms with Gasteiger partial charge in [-0.15, -0.1) is 0 Å². The molecule has 8 heteroatoms. The molecule has 0 aliphatic rings. The molecule has 104 valence electrons. The molecule has 0 unspecified atom stereocenters. The van der Waals surface area contributed by atoms with Crippen molar-refractivity contribution in [2.75, 3.05) is 11.3 Å². The molecule has 0 aliphatic carbocycles. The number of sulfonamides is 1. The van der Waals surface area contributed by atoms with Crippen LogP contribution in [0.2, 0.25) is 0 Å². The van der Waals surface area contributed by atoms with Gasteiger partial charge in [0.05, 0.1) is 6.54 Å². The van der Waals surface area contributed by atoms with Crippen LogP contribution in [-0.2, 0) is 10.0 Å². The van der Waals surface area contributed by atoms with Gasteiger partial charge in [-0.05, 0) is 13.0 Å². The zero-order chi connectivity index (χ0) is 14.6. The Morgan fingerprint density at radius 2 is 2.20 bits per heavy atom. The summed E-state index contributed by atoms with van der Waals surface area (Å²) in [5.41, 5.74) is 5.73. The molecule has 0 saturated carbocycles. The van der Waals surface area contributed by atoms with Crippen LogP contribution in [0.4, 0.5) is 5.82 Å². The topological polar surface area (TPSA) is 111 Å². The van der Waals surface area contributed by atoms with Crippen LogP contribution < -0.4 is 10.5 Å². The highest BCUT2D eigenvalue weighted by molar-refractivity contribution is 7.92. The van der Waals surface area contributed by atoms with Gasteiger partial charge in [-0.3, -0.25) is 9.71 Å². The number of nitrogens with one attached hydrogen (secondary N) is 1. The van der Waals surface area contributed by atoms with E-state index in [9.17, 15) is 8.42 Å². The van der Waals surface area contributed by atoms with Crippen LogP contribution in [0, 0.1) is 18.8 Å². The number of aromatic nitrogens is 2. The third kappa shape index (κ3) is 3.34. The van der Waals surface area contributed by atoms with E-state index >= 15 is 0 Å². The van der Waals surface area contributed by atoms with Crippen molar-refractivity contribution in [2.24, 2.45) is 5.73 Å². The molecular weight excluding hydrogens is 280 g/mol. The largest absolute Gasteiger partial charge is 0.360 e. The molecule has 0 bridgehead atoms. The molecule has 7 nitrogen and oxygen atoms in total. The maximum atomic E-state index is 12.1. The van der Waals surface area contributed by atoms with E-state index in [4.69, 9.17) is 10.3 Å². The molecule has 0 amide bonds. The summed E-state index contributed by atoms with van der Waals surface area (Å²) in [6.45, 7) is 1.85. The number of nitrogens with zero attached hydrogens (tertiary/aromatic N) is 2. The summed E-state index contributed by atoms with van der Waals surface area (Å²) in [6.07, 6.45) is 2.69. The van der Waals surface area contributed by atoms with Crippen molar-refractivity contribution in [3.8, 4) is 11.8 Å². The van der Waals surface area contributed by atoms with E-state index in [2.05, 4.69) is 26.7 Å². The minimum absolute atomic E-state index is 0.0121. The lowest BCUT2D eigenvalue weighted by Gasteiger charge is -2.04. The lowest BCUT2D eigenvalue weighted by molar-refractivity contribution is 0.400. The molecule has 3 N–H and O–H groups in total. The van der Waals surface area contributed by atoms with Crippen LogP contribution in [0.15, 0.2) is 33.9 Å². The second-order valence-electron chi connectivity index (χ2n) is 3.84. The Bertz CT molecular complexity index is 771. The minimum Gasteiger partial charge on any atom is -0.360 e. The van der Waals surface area contributed by atoms with Crippen molar-refractivity contribution in [3.63, 3.8) is 0 Å². The summed E-state index contributed by atoms with van der Waals surface area (Å²) in [7, 11) is -3.78. The Morgan fingerprint density at radius 3 is 2.85 bits per heavy atom. The van der Waals surface area contributed by atoms with Crippen LogP contribution in [0.3, 0.4) is 0 Å². The van der Waals surface area contributed by atoms with Gasteiger partial charge in [0.25, 0.3) is 10.0 Å². The first-order valence-corrected chi connectivity index (χ1v) is 7.10. The maximum absolute atomic E-state index is 12.1. The van der Waals surface area contributed by atoms with E-state index in [-0.39, 0.29) is 17.3 Å². The van der Waals surface area contributed by atoms with E-state index in [1.165, 1.54) is 24.5 Å². The highest BCUT2D eigenvalue weighted by Gasteiger charge is 2.16. The first kappa shape index (κ1) is 14.0. The highest BCUT2D eigenvalue weighted by Crippen LogP contribution is 2.15. The third-order valence-electron chi connectivity index (χ3n) is 2.23. The minimum atomic E-state index is -3.78. The molecular formula is C12H12N4O3S. The van der Waals surface area contributed by atoms with E-state index in [1.54, 1.807) is 6.92 Å². The summed E-state index contributed by atoms with van der Waals surface area (Å²) >= 11 is 0. The molecule has 2 heterocycles. The zero-order valence-corrected chi connectivity index (χ0v) is 11.4. The molecule has 0 radical (unpaired) electrons. The molecule has 0 atom stereocenters. The molecule has 0 saturated heterocycles. The highest BCUT2D eigenvalue weighted by atomic mass is 32.2. The van der Waals surface area contributed by atoms with E-state index < -0.39 is 10.0 Å². The summed E-state index contributed by atoms with van der Waals surface area (Å²) in [4.78, 5) is 3.83. The van der Waals surface area contributed by atoms with Crippen molar-refractivity contribution in [3.05, 3.63) is 35.9 Å². The van der Waals surface area contributed by atoms with E-state index in [1.807, 2.05) is 0 Å². The fraction of sp³-hybridized carbons (Fsp3) is 0.167. The van der Waals surface area contributed by atoms with E-state index in [0.717, 1.165) is 0 Å². The van der Waals surface area contributed by atoms with Gasteiger partial charge in [0.15, 0.2) is 5.82 Å². The number of hydrogen-bond acceptors (Lipinski definition) is 6. The summed E-state index contributed by atoms with van der Waals surface area (Å²) in [5, 5.41) is 3.57. The first-order valence-electron chi connectivity index (χ1n) is 5.61. The SMILES string of the molecule is Cc1cc(NS(=O)(=O)c2cncc(C#CCN)c2)no1. The van der Waals surface area contributed by atoms with Crippen molar-refractivity contribution in [1.82, 2.24) is 10.1 Å². The Labute approximate surface area is 116 Å².